The van der Waals surface area contributed by atoms with Crippen LogP contribution in [0, 0.1) is 0 Å². The van der Waals surface area contributed by atoms with Gasteiger partial charge in [0.15, 0.2) is 0 Å². The Morgan fingerprint density at radius 3 is 2.22 bits per heavy atom. The van der Waals surface area contributed by atoms with Crippen LogP contribution in [0.25, 0.3) is 11.0 Å². The van der Waals surface area contributed by atoms with Gasteiger partial charge in [-0.05, 0) is 25.0 Å². The van der Waals surface area contributed by atoms with Crippen molar-refractivity contribution in [1.82, 2.24) is 15.0 Å². The first-order chi connectivity index (χ1) is 11.3. The molecule has 0 bridgehead atoms. The first-order valence-corrected chi connectivity index (χ1v) is 9.31. The molecule has 1 aromatic carbocycles. The summed E-state index contributed by atoms with van der Waals surface area (Å²) in [6.07, 6.45) is 13.3. The summed E-state index contributed by atoms with van der Waals surface area (Å²) in [4.78, 5) is 0. The third-order valence-corrected chi connectivity index (χ3v) is 4.48. The number of para-hydroxylation sites is 1. The summed E-state index contributed by atoms with van der Waals surface area (Å²) in [5.41, 5.74) is 1.75. The topological polar surface area (TPSA) is 50.9 Å². The summed E-state index contributed by atoms with van der Waals surface area (Å²) < 4.78 is 1.64. The van der Waals surface area contributed by atoms with Crippen LogP contribution in [0.15, 0.2) is 24.3 Å². The van der Waals surface area contributed by atoms with E-state index >= 15 is 0 Å². The van der Waals surface area contributed by atoms with Crippen LogP contribution in [0.3, 0.4) is 0 Å². The lowest BCUT2D eigenvalue weighted by Gasteiger charge is -2.11. The van der Waals surface area contributed by atoms with Gasteiger partial charge in [-0.15, -0.1) is 5.10 Å². The number of benzene rings is 1. The summed E-state index contributed by atoms with van der Waals surface area (Å²) in [5.74, 6) is 0. The summed E-state index contributed by atoms with van der Waals surface area (Å²) in [6.45, 7) is 2.26. The second-order valence-electron chi connectivity index (χ2n) is 6.47. The quantitative estimate of drug-likeness (QED) is 0.545. The van der Waals surface area contributed by atoms with E-state index in [1.165, 1.54) is 57.8 Å². The molecule has 0 fully saturated rings. The largest absolute Gasteiger partial charge is 0.372 e. The molecule has 1 unspecified atom stereocenters. The monoisotopic (exact) mass is 317 g/mol. The molecule has 1 heterocycles. The zero-order valence-electron chi connectivity index (χ0n) is 14.5. The van der Waals surface area contributed by atoms with Gasteiger partial charge in [0.1, 0.15) is 11.7 Å². The number of hydrogen-bond acceptors (Lipinski definition) is 3. The zero-order valence-corrected chi connectivity index (χ0v) is 14.5. The highest BCUT2D eigenvalue weighted by molar-refractivity contribution is 5.73. The van der Waals surface area contributed by atoms with E-state index in [1.807, 2.05) is 24.3 Å². The lowest BCUT2D eigenvalue weighted by molar-refractivity contribution is 0.0810. The van der Waals surface area contributed by atoms with E-state index in [9.17, 15) is 5.11 Å². The maximum Gasteiger partial charge on any atom is 0.149 e. The Labute approximate surface area is 139 Å². The average Bonchev–Trinajstić information content (AvgIpc) is 3.00. The van der Waals surface area contributed by atoms with Crippen molar-refractivity contribution in [2.75, 3.05) is 0 Å². The fraction of sp³-hybridized carbons (Fsp3) is 0.684. The summed E-state index contributed by atoms with van der Waals surface area (Å²) in [5, 5.41) is 18.5. The van der Waals surface area contributed by atoms with Crippen molar-refractivity contribution in [2.24, 2.45) is 0 Å². The van der Waals surface area contributed by atoms with Gasteiger partial charge in [-0.1, -0.05) is 82.1 Å². The molecule has 0 radical (unpaired) electrons. The molecule has 4 heteroatoms. The number of unbranched alkanes of at least 4 members (excludes halogenated alkanes) is 9. The maximum absolute atomic E-state index is 10.3. The molecule has 0 aliphatic heterocycles. The van der Waals surface area contributed by atoms with Crippen molar-refractivity contribution in [3.8, 4) is 0 Å². The highest BCUT2D eigenvalue weighted by atomic mass is 16.3. The van der Waals surface area contributed by atoms with Gasteiger partial charge in [0.25, 0.3) is 0 Å². The smallest absolute Gasteiger partial charge is 0.149 e. The Morgan fingerprint density at radius 1 is 0.913 bits per heavy atom. The zero-order chi connectivity index (χ0) is 16.3. The molecule has 0 spiro atoms. The number of fused-ring (bicyclic) bond motifs is 1. The lowest BCUT2D eigenvalue weighted by atomic mass is 10.1. The number of nitrogens with zero attached hydrogens (tertiary/aromatic N) is 3. The first kappa shape index (κ1) is 17.9. The molecule has 0 saturated carbocycles. The Balaban J connectivity index is 1.56. The van der Waals surface area contributed by atoms with Crippen LogP contribution >= 0.6 is 0 Å². The van der Waals surface area contributed by atoms with Crippen LogP contribution in [0.1, 0.15) is 83.8 Å². The molecule has 0 aliphatic rings. The van der Waals surface area contributed by atoms with Gasteiger partial charge in [-0.3, -0.25) is 0 Å². The van der Waals surface area contributed by atoms with E-state index in [2.05, 4.69) is 17.2 Å². The molecule has 2 aromatic rings. The number of aromatic nitrogens is 3. The van der Waals surface area contributed by atoms with Gasteiger partial charge in [0, 0.05) is 0 Å². The molecule has 23 heavy (non-hydrogen) atoms. The Morgan fingerprint density at radius 2 is 1.52 bits per heavy atom. The molecule has 0 amide bonds. The maximum atomic E-state index is 10.3. The predicted molar refractivity (Wildman–Crippen MR) is 95.2 cm³/mol. The van der Waals surface area contributed by atoms with Crippen LogP contribution in [0.5, 0.6) is 0 Å². The number of rotatable bonds is 12. The minimum Gasteiger partial charge on any atom is -0.372 e. The minimum absolute atomic E-state index is 0.559. The Bertz CT molecular complexity index is 552. The van der Waals surface area contributed by atoms with Crippen molar-refractivity contribution in [3.05, 3.63) is 24.3 Å². The highest BCUT2D eigenvalue weighted by Crippen LogP contribution is 2.19. The molecule has 1 aromatic heterocycles. The normalized spacial score (nSPS) is 12.8. The van der Waals surface area contributed by atoms with E-state index in [4.69, 9.17) is 0 Å². The van der Waals surface area contributed by atoms with Crippen molar-refractivity contribution in [3.63, 3.8) is 0 Å². The summed E-state index contributed by atoms with van der Waals surface area (Å²) >= 11 is 0. The number of aliphatic hydroxyl groups is 1. The molecule has 0 aliphatic carbocycles. The molecular formula is C19H31N3O. The van der Waals surface area contributed by atoms with Crippen LogP contribution in [-0.2, 0) is 0 Å². The third kappa shape index (κ3) is 5.94. The van der Waals surface area contributed by atoms with E-state index in [1.54, 1.807) is 4.68 Å². The van der Waals surface area contributed by atoms with E-state index in [-0.39, 0.29) is 0 Å². The van der Waals surface area contributed by atoms with Crippen molar-refractivity contribution >= 4 is 11.0 Å². The average molecular weight is 317 g/mol. The standard InChI is InChI=1S/C19H31N3O/c1-2-3-4-5-6-7-8-9-10-11-16-19(23)22-18-15-13-12-14-17(18)20-21-22/h12-15,19,23H,2-11,16H2,1H3. The van der Waals surface area contributed by atoms with Crippen LogP contribution in [0.2, 0.25) is 0 Å². The molecule has 2 rings (SSSR count). The minimum atomic E-state index is -0.559. The van der Waals surface area contributed by atoms with Gasteiger partial charge in [0.05, 0.1) is 5.52 Å². The number of aliphatic hydroxyl groups excluding tert-OH is 1. The SMILES string of the molecule is CCCCCCCCCCCCC(O)n1nnc2ccccc21. The molecule has 4 nitrogen and oxygen atoms in total. The highest BCUT2D eigenvalue weighted by Gasteiger charge is 2.11. The summed E-state index contributed by atoms with van der Waals surface area (Å²) in [7, 11) is 0. The van der Waals surface area contributed by atoms with E-state index in [0.717, 1.165) is 23.9 Å². The van der Waals surface area contributed by atoms with Crippen molar-refractivity contribution in [1.29, 1.82) is 0 Å². The molecular weight excluding hydrogens is 286 g/mol. The molecule has 0 saturated heterocycles. The second-order valence-corrected chi connectivity index (χ2v) is 6.47. The van der Waals surface area contributed by atoms with Gasteiger partial charge in [-0.2, -0.15) is 0 Å². The van der Waals surface area contributed by atoms with Gasteiger partial charge in [-0.25, -0.2) is 4.68 Å². The van der Waals surface area contributed by atoms with Crippen LogP contribution < -0.4 is 0 Å². The van der Waals surface area contributed by atoms with Crippen LogP contribution in [-0.4, -0.2) is 20.1 Å². The van der Waals surface area contributed by atoms with Gasteiger partial charge < -0.3 is 5.11 Å². The summed E-state index contributed by atoms with van der Waals surface area (Å²) in [6, 6.07) is 7.77. The third-order valence-electron chi connectivity index (χ3n) is 4.48. The predicted octanol–water partition coefficient (Wildman–Crippen LogP) is 5.23. The first-order valence-electron chi connectivity index (χ1n) is 9.31. The lowest BCUT2D eigenvalue weighted by Crippen LogP contribution is -2.09. The van der Waals surface area contributed by atoms with Gasteiger partial charge >= 0.3 is 0 Å². The second kappa shape index (κ2) is 10.4. The number of hydrogen-bond donors (Lipinski definition) is 1. The van der Waals surface area contributed by atoms with Crippen LogP contribution in [0.4, 0.5) is 0 Å². The van der Waals surface area contributed by atoms with Gasteiger partial charge in [0.2, 0.25) is 0 Å². The fourth-order valence-corrected chi connectivity index (χ4v) is 3.04. The molecule has 1 N–H and O–H groups in total. The van der Waals surface area contributed by atoms with E-state index in [0.29, 0.717) is 0 Å². The van der Waals surface area contributed by atoms with E-state index < -0.39 is 6.23 Å². The van der Waals surface area contributed by atoms with Crippen molar-refractivity contribution in [2.45, 2.75) is 83.8 Å². The molecule has 1 atom stereocenters. The Kier molecular flexibility index (Phi) is 8.08. The Hall–Kier alpha value is -1.42. The molecule has 128 valence electrons. The fourth-order valence-electron chi connectivity index (χ4n) is 3.04. The van der Waals surface area contributed by atoms with Crippen molar-refractivity contribution < 1.29 is 5.11 Å².